The number of rotatable bonds is 7. The molecule has 0 aromatic heterocycles. The third-order valence-corrected chi connectivity index (χ3v) is 2.49. The van der Waals surface area contributed by atoms with E-state index in [4.69, 9.17) is 15.2 Å². The van der Waals surface area contributed by atoms with Gasteiger partial charge in [-0.05, 0) is 24.6 Å². The third-order valence-electron chi connectivity index (χ3n) is 2.49. The lowest BCUT2D eigenvalue weighted by atomic mass is 10.1. The minimum absolute atomic E-state index is 0.217. The molecule has 1 atom stereocenters. The van der Waals surface area contributed by atoms with Gasteiger partial charge < -0.3 is 15.2 Å². The lowest BCUT2D eigenvalue weighted by Gasteiger charge is -2.12. The SMILES string of the molecule is CCOc1cc(CC(N=C=O)C(N)=O)ccc1OC. The van der Waals surface area contributed by atoms with Crippen molar-refractivity contribution in [2.75, 3.05) is 13.7 Å². The van der Waals surface area contributed by atoms with Crippen LogP contribution in [-0.4, -0.2) is 31.7 Å². The predicted molar refractivity (Wildman–Crippen MR) is 69.0 cm³/mol. The fourth-order valence-corrected chi connectivity index (χ4v) is 1.61. The molecule has 6 nitrogen and oxygen atoms in total. The van der Waals surface area contributed by atoms with Crippen LogP contribution >= 0.6 is 0 Å². The van der Waals surface area contributed by atoms with Crippen LogP contribution in [-0.2, 0) is 16.0 Å². The number of ether oxygens (including phenoxy) is 2. The van der Waals surface area contributed by atoms with Gasteiger partial charge in [-0.3, -0.25) is 4.79 Å². The van der Waals surface area contributed by atoms with Crippen molar-refractivity contribution >= 4 is 12.0 Å². The van der Waals surface area contributed by atoms with Crippen LogP contribution in [0.4, 0.5) is 0 Å². The molecule has 0 spiro atoms. The topological polar surface area (TPSA) is 91.0 Å². The first-order valence-electron chi connectivity index (χ1n) is 5.78. The van der Waals surface area contributed by atoms with Crippen LogP contribution in [0, 0.1) is 0 Å². The Morgan fingerprint density at radius 3 is 2.74 bits per heavy atom. The number of isocyanates is 1. The maximum atomic E-state index is 11.1. The van der Waals surface area contributed by atoms with Crippen LogP contribution in [0.3, 0.4) is 0 Å². The zero-order chi connectivity index (χ0) is 14.3. The summed E-state index contributed by atoms with van der Waals surface area (Å²) >= 11 is 0. The third kappa shape index (κ3) is 4.12. The number of carbonyl (C=O) groups excluding carboxylic acids is 2. The summed E-state index contributed by atoms with van der Waals surface area (Å²) in [5.41, 5.74) is 5.93. The minimum atomic E-state index is -0.916. The molecule has 0 saturated heterocycles. The van der Waals surface area contributed by atoms with E-state index in [2.05, 4.69) is 4.99 Å². The molecule has 0 radical (unpaired) electrons. The molecule has 1 aromatic carbocycles. The molecule has 19 heavy (non-hydrogen) atoms. The molecule has 102 valence electrons. The Bertz CT molecular complexity index is 493. The Labute approximate surface area is 111 Å². The Morgan fingerprint density at radius 2 is 2.21 bits per heavy atom. The van der Waals surface area contributed by atoms with Gasteiger partial charge in [-0.15, -0.1) is 0 Å². The van der Waals surface area contributed by atoms with Crippen molar-refractivity contribution in [1.29, 1.82) is 0 Å². The first-order chi connectivity index (χ1) is 9.12. The highest BCUT2D eigenvalue weighted by Gasteiger charge is 2.16. The average molecular weight is 264 g/mol. The molecule has 0 fully saturated rings. The number of nitrogens with two attached hydrogens (primary N) is 1. The Hall–Kier alpha value is -2.33. The second-order valence-corrected chi connectivity index (χ2v) is 3.76. The number of benzene rings is 1. The van der Waals surface area contributed by atoms with Gasteiger partial charge in [0.2, 0.25) is 12.0 Å². The summed E-state index contributed by atoms with van der Waals surface area (Å²) < 4.78 is 10.6. The summed E-state index contributed by atoms with van der Waals surface area (Å²) in [5, 5.41) is 0. The smallest absolute Gasteiger partial charge is 0.243 e. The maximum Gasteiger partial charge on any atom is 0.243 e. The fraction of sp³-hybridized carbons (Fsp3) is 0.385. The van der Waals surface area contributed by atoms with E-state index in [1.165, 1.54) is 6.08 Å². The second kappa shape index (κ2) is 7.18. The minimum Gasteiger partial charge on any atom is -0.493 e. The summed E-state index contributed by atoms with van der Waals surface area (Å²) in [6, 6.07) is 4.31. The van der Waals surface area contributed by atoms with E-state index < -0.39 is 11.9 Å². The van der Waals surface area contributed by atoms with Gasteiger partial charge in [0.15, 0.2) is 11.5 Å². The van der Waals surface area contributed by atoms with Crippen molar-refractivity contribution in [1.82, 2.24) is 0 Å². The molecule has 0 bridgehead atoms. The highest BCUT2D eigenvalue weighted by molar-refractivity contribution is 5.81. The van der Waals surface area contributed by atoms with Gasteiger partial charge in [-0.1, -0.05) is 6.07 Å². The van der Waals surface area contributed by atoms with Crippen LogP contribution < -0.4 is 15.2 Å². The van der Waals surface area contributed by atoms with Gasteiger partial charge in [0, 0.05) is 6.42 Å². The van der Waals surface area contributed by atoms with Gasteiger partial charge in [0.05, 0.1) is 13.7 Å². The quantitative estimate of drug-likeness (QED) is 0.583. The Kier molecular flexibility index (Phi) is 5.57. The standard InChI is InChI=1S/C13H16N2O4/c1-3-19-12-7-9(4-5-11(12)18-2)6-10(13(14)17)15-8-16/h4-5,7,10H,3,6H2,1-2H3,(H2,14,17). The summed E-state index contributed by atoms with van der Waals surface area (Å²) in [5.74, 6) is 0.498. The highest BCUT2D eigenvalue weighted by atomic mass is 16.5. The van der Waals surface area contributed by atoms with E-state index in [0.29, 0.717) is 18.1 Å². The molecule has 1 amide bonds. The number of methoxy groups -OCH3 is 1. The van der Waals surface area contributed by atoms with Crippen LogP contribution in [0.25, 0.3) is 0 Å². The Balaban J connectivity index is 2.97. The van der Waals surface area contributed by atoms with E-state index >= 15 is 0 Å². The van der Waals surface area contributed by atoms with E-state index in [1.807, 2.05) is 6.92 Å². The van der Waals surface area contributed by atoms with Crippen molar-refractivity contribution in [3.8, 4) is 11.5 Å². The fourth-order valence-electron chi connectivity index (χ4n) is 1.61. The summed E-state index contributed by atoms with van der Waals surface area (Å²) in [6.45, 7) is 2.35. The molecular formula is C13H16N2O4. The van der Waals surface area contributed by atoms with Crippen LogP contribution in [0.15, 0.2) is 23.2 Å². The lowest BCUT2D eigenvalue weighted by molar-refractivity contribution is -0.119. The van der Waals surface area contributed by atoms with Gasteiger partial charge in [-0.2, -0.15) is 4.99 Å². The molecule has 0 saturated carbocycles. The number of amides is 1. The van der Waals surface area contributed by atoms with Gasteiger partial charge in [0.25, 0.3) is 0 Å². The van der Waals surface area contributed by atoms with E-state index in [-0.39, 0.29) is 6.42 Å². The molecule has 1 unspecified atom stereocenters. The first-order valence-corrected chi connectivity index (χ1v) is 5.78. The number of hydrogen-bond acceptors (Lipinski definition) is 5. The molecule has 0 aliphatic heterocycles. The second-order valence-electron chi connectivity index (χ2n) is 3.76. The number of aliphatic imine (C=N–C) groups is 1. The van der Waals surface area contributed by atoms with Gasteiger partial charge >= 0.3 is 0 Å². The molecule has 0 aliphatic carbocycles. The summed E-state index contributed by atoms with van der Waals surface area (Å²) in [7, 11) is 1.54. The van der Waals surface area contributed by atoms with E-state index in [0.717, 1.165) is 5.56 Å². The average Bonchev–Trinajstić information content (AvgIpc) is 2.39. The molecule has 1 aromatic rings. The number of carbonyl (C=O) groups is 1. The van der Waals surface area contributed by atoms with E-state index in [9.17, 15) is 9.59 Å². The van der Waals surface area contributed by atoms with Crippen LogP contribution in [0.5, 0.6) is 11.5 Å². The normalized spacial score (nSPS) is 11.3. The zero-order valence-electron chi connectivity index (χ0n) is 10.9. The van der Waals surface area contributed by atoms with Gasteiger partial charge in [0.1, 0.15) is 6.04 Å². The molecule has 0 heterocycles. The van der Waals surface area contributed by atoms with Crippen molar-refractivity contribution in [2.24, 2.45) is 10.7 Å². The zero-order valence-corrected chi connectivity index (χ0v) is 10.9. The van der Waals surface area contributed by atoms with E-state index in [1.54, 1.807) is 25.3 Å². The van der Waals surface area contributed by atoms with Crippen molar-refractivity contribution < 1.29 is 19.1 Å². The molecule has 6 heteroatoms. The summed E-state index contributed by atoms with van der Waals surface area (Å²) in [4.78, 5) is 24.7. The molecule has 0 aliphatic rings. The predicted octanol–water partition coefficient (Wildman–Crippen LogP) is 0.826. The molecular weight excluding hydrogens is 248 g/mol. The first kappa shape index (κ1) is 14.7. The van der Waals surface area contributed by atoms with Crippen LogP contribution in [0.2, 0.25) is 0 Å². The molecule has 1 rings (SSSR count). The number of nitrogens with zero attached hydrogens (tertiary/aromatic N) is 1. The largest absolute Gasteiger partial charge is 0.493 e. The van der Waals surface area contributed by atoms with Crippen molar-refractivity contribution in [3.05, 3.63) is 23.8 Å². The Morgan fingerprint density at radius 1 is 1.47 bits per heavy atom. The van der Waals surface area contributed by atoms with Gasteiger partial charge in [-0.25, -0.2) is 4.79 Å². The highest BCUT2D eigenvalue weighted by Crippen LogP contribution is 2.28. The maximum absolute atomic E-state index is 11.1. The molecule has 2 N–H and O–H groups in total. The lowest BCUT2D eigenvalue weighted by Crippen LogP contribution is -2.28. The van der Waals surface area contributed by atoms with Crippen LogP contribution in [0.1, 0.15) is 12.5 Å². The van der Waals surface area contributed by atoms with Crippen molar-refractivity contribution in [2.45, 2.75) is 19.4 Å². The number of primary amides is 1. The summed E-state index contributed by atoms with van der Waals surface area (Å²) in [6.07, 6.45) is 1.57. The van der Waals surface area contributed by atoms with Crippen molar-refractivity contribution in [3.63, 3.8) is 0 Å². The number of hydrogen-bond donors (Lipinski definition) is 1. The monoisotopic (exact) mass is 264 g/mol.